The zero-order chi connectivity index (χ0) is 15.9. The van der Waals surface area contributed by atoms with Crippen LogP contribution >= 0.6 is 11.3 Å². The van der Waals surface area contributed by atoms with Crippen LogP contribution in [0.3, 0.4) is 0 Å². The minimum absolute atomic E-state index is 0.0957. The maximum absolute atomic E-state index is 14.1. The molecule has 6 heteroatoms. The van der Waals surface area contributed by atoms with Gasteiger partial charge in [0.05, 0.1) is 17.8 Å². The van der Waals surface area contributed by atoms with Crippen molar-refractivity contribution in [3.05, 3.63) is 52.3 Å². The Balaban J connectivity index is 2.30. The summed E-state index contributed by atoms with van der Waals surface area (Å²) in [6.45, 7) is 1.81. The van der Waals surface area contributed by atoms with Gasteiger partial charge in [-0.1, -0.05) is 6.07 Å². The third kappa shape index (κ3) is 2.22. The third-order valence-corrected chi connectivity index (χ3v) is 4.39. The van der Waals surface area contributed by atoms with E-state index in [1.807, 2.05) is 6.92 Å². The highest BCUT2D eigenvalue weighted by Crippen LogP contribution is 2.33. The number of carboxylic acids is 1. The number of carboxylic acid groups (broad SMARTS) is 1. The van der Waals surface area contributed by atoms with Crippen LogP contribution in [0, 0.1) is 24.1 Å². The fourth-order valence-electron chi connectivity index (χ4n) is 2.34. The standard InChI is InChI=1S/C16H9FN2O2S/c1-8-2-3-12(17)11-5-9(4-10(6-18)14(8)11)15-19-7-13(22-15)16(20)21/h2-5,7H,1H3,(H,20,21). The number of carbonyl (C=O) groups is 1. The van der Waals surface area contributed by atoms with Gasteiger partial charge in [0, 0.05) is 16.3 Å². The highest BCUT2D eigenvalue weighted by atomic mass is 32.1. The van der Waals surface area contributed by atoms with Crippen LogP contribution in [0.1, 0.15) is 20.8 Å². The summed E-state index contributed by atoms with van der Waals surface area (Å²) in [6, 6.07) is 8.27. The van der Waals surface area contributed by atoms with E-state index in [-0.39, 0.29) is 4.88 Å². The molecular weight excluding hydrogens is 303 g/mol. The Bertz CT molecular complexity index is 957. The van der Waals surface area contributed by atoms with E-state index in [4.69, 9.17) is 5.11 Å². The Labute approximate surface area is 129 Å². The van der Waals surface area contributed by atoms with Gasteiger partial charge in [0.2, 0.25) is 0 Å². The van der Waals surface area contributed by atoms with Crippen LogP contribution in [-0.2, 0) is 0 Å². The fourth-order valence-corrected chi connectivity index (χ4v) is 3.09. The first-order valence-electron chi connectivity index (χ1n) is 6.33. The number of hydrogen-bond acceptors (Lipinski definition) is 4. The minimum atomic E-state index is -1.06. The first-order valence-corrected chi connectivity index (χ1v) is 7.15. The molecule has 0 unspecified atom stereocenters. The van der Waals surface area contributed by atoms with Gasteiger partial charge in [-0.15, -0.1) is 11.3 Å². The number of halogens is 1. The predicted octanol–water partition coefficient (Wildman–Crippen LogP) is 3.98. The fraction of sp³-hybridized carbons (Fsp3) is 0.0625. The van der Waals surface area contributed by atoms with Crippen molar-refractivity contribution in [2.75, 3.05) is 0 Å². The summed E-state index contributed by atoms with van der Waals surface area (Å²) in [5.41, 5.74) is 1.69. The molecule has 3 aromatic rings. The van der Waals surface area contributed by atoms with E-state index in [0.29, 0.717) is 26.9 Å². The lowest BCUT2D eigenvalue weighted by Crippen LogP contribution is -1.90. The number of fused-ring (bicyclic) bond motifs is 1. The molecular formula is C16H9FN2O2S. The monoisotopic (exact) mass is 312 g/mol. The summed E-state index contributed by atoms with van der Waals surface area (Å²) in [5, 5.41) is 19.6. The van der Waals surface area contributed by atoms with Crippen LogP contribution in [0.4, 0.5) is 4.39 Å². The molecule has 3 rings (SSSR count). The topological polar surface area (TPSA) is 74.0 Å². The number of benzene rings is 2. The largest absolute Gasteiger partial charge is 0.477 e. The Kier molecular flexibility index (Phi) is 3.35. The molecule has 4 nitrogen and oxygen atoms in total. The maximum Gasteiger partial charge on any atom is 0.347 e. The average molecular weight is 312 g/mol. The van der Waals surface area contributed by atoms with Crippen LogP contribution in [0.25, 0.3) is 21.3 Å². The molecule has 0 radical (unpaired) electrons. The van der Waals surface area contributed by atoms with Gasteiger partial charge in [-0.05, 0) is 30.7 Å². The van der Waals surface area contributed by atoms with Gasteiger partial charge in [-0.2, -0.15) is 5.26 Å². The molecule has 0 bridgehead atoms. The molecule has 1 heterocycles. The van der Waals surface area contributed by atoms with Crippen LogP contribution in [0.5, 0.6) is 0 Å². The predicted molar refractivity (Wildman–Crippen MR) is 81.4 cm³/mol. The van der Waals surface area contributed by atoms with E-state index in [0.717, 1.165) is 16.9 Å². The number of nitrogens with zero attached hydrogens (tertiary/aromatic N) is 2. The van der Waals surface area contributed by atoms with Gasteiger partial charge in [-0.3, -0.25) is 0 Å². The number of rotatable bonds is 2. The lowest BCUT2D eigenvalue weighted by molar-refractivity contribution is 0.0702. The molecule has 0 atom stereocenters. The molecule has 1 N–H and O–H groups in total. The van der Waals surface area contributed by atoms with Crippen molar-refractivity contribution in [1.82, 2.24) is 4.98 Å². The van der Waals surface area contributed by atoms with Crippen LogP contribution in [0.15, 0.2) is 30.5 Å². The van der Waals surface area contributed by atoms with Gasteiger partial charge >= 0.3 is 5.97 Å². The normalized spacial score (nSPS) is 10.6. The Morgan fingerprint density at radius 1 is 1.41 bits per heavy atom. The van der Waals surface area contributed by atoms with Crippen molar-refractivity contribution in [1.29, 1.82) is 5.26 Å². The SMILES string of the molecule is Cc1ccc(F)c2cc(-c3ncc(C(=O)O)s3)cc(C#N)c12. The molecule has 0 saturated carbocycles. The van der Waals surface area contributed by atoms with Crippen molar-refractivity contribution in [2.24, 2.45) is 0 Å². The van der Waals surface area contributed by atoms with E-state index in [1.54, 1.807) is 18.2 Å². The number of aryl methyl sites for hydroxylation is 1. The second-order valence-electron chi connectivity index (χ2n) is 4.76. The molecule has 0 saturated heterocycles. The molecule has 108 valence electrons. The lowest BCUT2D eigenvalue weighted by Gasteiger charge is -2.08. The van der Waals surface area contributed by atoms with Crippen molar-refractivity contribution < 1.29 is 14.3 Å². The molecule has 0 aliphatic heterocycles. The van der Waals surface area contributed by atoms with E-state index >= 15 is 0 Å². The molecule has 0 aliphatic rings. The second-order valence-corrected chi connectivity index (χ2v) is 5.79. The lowest BCUT2D eigenvalue weighted by atomic mass is 9.97. The highest BCUT2D eigenvalue weighted by Gasteiger charge is 2.15. The highest BCUT2D eigenvalue weighted by molar-refractivity contribution is 7.16. The van der Waals surface area contributed by atoms with Gasteiger partial charge in [0.25, 0.3) is 0 Å². The van der Waals surface area contributed by atoms with Crippen LogP contribution in [-0.4, -0.2) is 16.1 Å². The van der Waals surface area contributed by atoms with E-state index in [2.05, 4.69) is 11.1 Å². The van der Waals surface area contributed by atoms with Gasteiger partial charge in [0.1, 0.15) is 15.7 Å². The molecule has 0 fully saturated rings. The number of thiazole rings is 1. The number of hydrogen-bond donors (Lipinski definition) is 1. The van der Waals surface area contributed by atoms with Crippen LogP contribution in [0.2, 0.25) is 0 Å². The molecule has 0 amide bonds. The zero-order valence-electron chi connectivity index (χ0n) is 11.4. The van der Waals surface area contributed by atoms with E-state index in [1.165, 1.54) is 12.3 Å². The van der Waals surface area contributed by atoms with Gasteiger partial charge < -0.3 is 5.11 Å². The Hall–Kier alpha value is -2.78. The first-order chi connectivity index (χ1) is 10.5. The summed E-state index contributed by atoms with van der Waals surface area (Å²) in [5.74, 6) is -1.49. The number of aromatic carboxylic acids is 1. The summed E-state index contributed by atoms with van der Waals surface area (Å²) < 4.78 is 14.1. The average Bonchev–Trinajstić information content (AvgIpc) is 3.00. The second kappa shape index (κ2) is 5.20. The number of nitriles is 1. The van der Waals surface area contributed by atoms with Gasteiger partial charge in [0.15, 0.2) is 0 Å². The van der Waals surface area contributed by atoms with Crippen molar-refractivity contribution in [3.8, 4) is 16.6 Å². The Morgan fingerprint density at radius 3 is 2.82 bits per heavy atom. The summed E-state index contributed by atoms with van der Waals surface area (Å²) in [6.07, 6.45) is 1.26. The maximum atomic E-state index is 14.1. The molecule has 1 aromatic heterocycles. The van der Waals surface area contributed by atoms with Crippen molar-refractivity contribution in [2.45, 2.75) is 6.92 Å². The minimum Gasteiger partial charge on any atom is -0.477 e. The first kappa shape index (κ1) is 14.2. The van der Waals surface area contributed by atoms with E-state index < -0.39 is 11.8 Å². The molecule has 22 heavy (non-hydrogen) atoms. The number of aromatic nitrogens is 1. The summed E-state index contributed by atoms with van der Waals surface area (Å²) in [4.78, 5) is 15.1. The molecule has 2 aromatic carbocycles. The van der Waals surface area contributed by atoms with E-state index in [9.17, 15) is 14.4 Å². The zero-order valence-corrected chi connectivity index (χ0v) is 12.2. The Morgan fingerprint density at radius 2 is 2.18 bits per heavy atom. The molecule has 0 spiro atoms. The smallest absolute Gasteiger partial charge is 0.347 e. The summed E-state index contributed by atoms with van der Waals surface area (Å²) in [7, 11) is 0. The van der Waals surface area contributed by atoms with Crippen LogP contribution < -0.4 is 0 Å². The third-order valence-electron chi connectivity index (χ3n) is 3.35. The van der Waals surface area contributed by atoms with Crippen molar-refractivity contribution in [3.63, 3.8) is 0 Å². The quantitative estimate of drug-likeness (QED) is 0.776. The van der Waals surface area contributed by atoms with Crippen molar-refractivity contribution >= 4 is 28.1 Å². The molecule has 0 aliphatic carbocycles. The van der Waals surface area contributed by atoms with Gasteiger partial charge in [-0.25, -0.2) is 14.2 Å². The summed E-state index contributed by atoms with van der Waals surface area (Å²) >= 11 is 0.989.